The first-order valence-corrected chi connectivity index (χ1v) is 6.95. The molecule has 102 valence electrons. The van der Waals surface area contributed by atoms with Crippen LogP contribution in [0.4, 0.5) is 0 Å². The largest absolute Gasteiger partial charge is 0.465 e. The predicted molar refractivity (Wildman–Crippen MR) is 79.2 cm³/mol. The summed E-state index contributed by atoms with van der Waals surface area (Å²) in [4.78, 5) is 0. The normalized spacial score (nSPS) is 12.9. The van der Waals surface area contributed by atoms with Crippen molar-refractivity contribution < 1.29 is 4.42 Å². The van der Waals surface area contributed by atoms with Crippen molar-refractivity contribution in [3.63, 3.8) is 0 Å². The van der Waals surface area contributed by atoms with Crippen molar-refractivity contribution in [1.29, 1.82) is 0 Å². The van der Waals surface area contributed by atoms with E-state index < -0.39 is 0 Å². The fourth-order valence-electron chi connectivity index (χ4n) is 2.12. The monoisotopic (exact) mass is 257 g/mol. The van der Waals surface area contributed by atoms with Crippen LogP contribution in [0.25, 0.3) is 0 Å². The molecule has 0 bridgehead atoms. The Labute approximate surface area is 115 Å². The minimum atomic E-state index is 0.326. The first kappa shape index (κ1) is 13.9. The molecule has 19 heavy (non-hydrogen) atoms. The van der Waals surface area contributed by atoms with E-state index in [1.807, 2.05) is 19.1 Å². The molecule has 1 unspecified atom stereocenters. The number of hydrogen-bond donors (Lipinski definition) is 1. The molecule has 0 saturated carbocycles. The van der Waals surface area contributed by atoms with Crippen molar-refractivity contribution >= 4 is 0 Å². The lowest BCUT2D eigenvalue weighted by Gasteiger charge is -2.14. The van der Waals surface area contributed by atoms with E-state index >= 15 is 0 Å². The molecule has 1 aromatic carbocycles. The zero-order valence-corrected chi connectivity index (χ0v) is 12.2. The lowest BCUT2D eigenvalue weighted by Crippen LogP contribution is -2.17. The quantitative estimate of drug-likeness (QED) is 0.849. The third-order valence-electron chi connectivity index (χ3n) is 3.48. The predicted octanol–water partition coefficient (Wildman–Crippen LogP) is 4.56. The Balaban J connectivity index is 1.94. The molecule has 0 amide bonds. The van der Waals surface area contributed by atoms with Crippen molar-refractivity contribution in [2.75, 3.05) is 0 Å². The molecule has 0 spiro atoms. The lowest BCUT2D eigenvalue weighted by molar-refractivity contribution is 0.444. The molecule has 0 aliphatic heterocycles. The highest BCUT2D eigenvalue weighted by Gasteiger charge is 2.07. The molecule has 2 aromatic rings. The first-order chi connectivity index (χ1) is 9.06. The van der Waals surface area contributed by atoms with E-state index in [1.165, 1.54) is 11.1 Å². The molecule has 2 heteroatoms. The van der Waals surface area contributed by atoms with E-state index in [9.17, 15) is 0 Å². The zero-order valence-electron chi connectivity index (χ0n) is 12.2. The smallest absolute Gasteiger partial charge is 0.117 e. The zero-order chi connectivity index (χ0) is 13.8. The fourth-order valence-corrected chi connectivity index (χ4v) is 2.12. The SMILES string of the molecule is Cc1ccc(CNC(C)c2ccc(C(C)C)cc2)o1. The van der Waals surface area contributed by atoms with Gasteiger partial charge in [-0.05, 0) is 43.0 Å². The summed E-state index contributed by atoms with van der Waals surface area (Å²) < 4.78 is 5.56. The average molecular weight is 257 g/mol. The molecule has 1 atom stereocenters. The van der Waals surface area contributed by atoms with Gasteiger partial charge in [0, 0.05) is 6.04 Å². The van der Waals surface area contributed by atoms with Crippen LogP contribution in [-0.4, -0.2) is 0 Å². The second kappa shape index (κ2) is 6.07. The molecule has 1 aromatic heterocycles. The Kier molecular flexibility index (Phi) is 4.43. The highest BCUT2D eigenvalue weighted by Crippen LogP contribution is 2.19. The van der Waals surface area contributed by atoms with Crippen molar-refractivity contribution in [1.82, 2.24) is 5.32 Å². The third kappa shape index (κ3) is 3.71. The van der Waals surface area contributed by atoms with Crippen molar-refractivity contribution in [3.05, 3.63) is 59.0 Å². The van der Waals surface area contributed by atoms with Gasteiger partial charge in [-0.25, -0.2) is 0 Å². The molecule has 2 rings (SSSR count). The summed E-state index contributed by atoms with van der Waals surface area (Å²) in [6, 6.07) is 13.2. The van der Waals surface area contributed by atoms with Gasteiger partial charge in [-0.15, -0.1) is 0 Å². The van der Waals surface area contributed by atoms with Crippen LogP contribution in [-0.2, 0) is 6.54 Å². The Hall–Kier alpha value is -1.54. The Morgan fingerprint density at radius 1 is 0.947 bits per heavy atom. The summed E-state index contributed by atoms with van der Waals surface area (Å²) in [5.41, 5.74) is 2.70. The maximum atomic E-state index is 5.56. The fraction of sp³-hybridized carbons (Fsp3) is 0.412. The number of furan rings is 1. The topological polar surface area (TPSA) is 25.2 Å². The molecule has 1 heterocycles. The second-order valence-corrected chi connectivity index (χ2v) is 5.44. The van der Waals surface area contributed by atoms with Gasteiger partial charge in [-0.1, -0.05) is 38.1 Å². The number of rotatable bonds is 5. The molecule has 0 aliphatic rings. The van der Waals surface area contributed by atoms with Gasteiger partial charge < -0.3 is 9.73 Å². The molecule has 0 radical (unpaired) electrons. The molecule has 2 nitrogen and oxygen atoms in total. The van der Waals surface area contributed by atoms with Crippen molar-refractivity contribution in [2.24, 2.45) is 0 Å². The molecule has 0 saturated heterocycles. The minimum Gasteiger partial charge on any atom is -0.465 e. The number of benzene rings is 1. The first-order valence-electron chi connectivity index (χ1n) is 6.95. The molecule has 0 fully saturated rings. The summed E-state index contributed by atoms with van der Waals surface area (Å²) in [5.74, 6) is 2.54. The third-order valence-corrected chi connectivity index (χ3v) is 3.48. The maximum absolute atomic E-state index is 5.56. The van der Waals surface area contributed by atoms with E-state index in [4.69, 9.17) is 4.42 Å². The van der Waals surface area contributed by atoms with Gasteiger partial charge in [-0.2, -0.15) is 0 Å². The van der Waals surface area contributed by atoms with Gasteiger partial charge in [0.05, 0.1) is 6.54 Å². The summed E-state index contributed by atoms with van der Waals surface area (Å²) in [5, 5.41) is 3.48. The van der Waals surface area contributed by atoms with Crippen LogP contribution < -0.4 is 5.32 Å². The number of nitrogens with one attached hydrogen (secondary N) is 1. The van der Waals surface area contributed by atoms with Crippen LogP contribution in [0.5, 0.6) is 0 Å². The molecular formula is C17H23NO. The molecular weight excluding hydrogens is 234 g/mol. The Bertz CT molecular complexity index is 510. The van der Waals surface area contributed by atoms with Crippen LogP contribution in [0.1, 0.15) is 55.4 Å². The van der Waals surface area contributed by atoms with Gasteiger partial charge in [-0.3, -0.25) is 0 Å². The van der Waals surface area contributed by atoms with Gasteiger partial charge in [0.15, 0.2) is 0 Å². The van der Waals surface area contributed by atoms with Gasteiger partial charge in [0.1, 0.15) is 11.5 Å². The second-order valence-electron chi connectivity index (χ2n) is 5.44. The summed E-state index contributed by atoms with van der Waals surface area (Å²) >= 11 is 0. The van der Waals surface area contributed by atoms with Crippen LogP contribution in [0.3, 0.4) is 0 Å². The highest BCUT2D eigenvalue weighted by molar-refractivity contribution is 5.26. The van der Waals surface area contributed by atoms with Gasteiger partial charge in [0.2, 0.25) is 0 Å². The van der Waals surface area contributed by atoms with E-state index in [1.54, 1.807) is 0 Å². The summed E-state index contributed by atoms with van der Waals surface area (Å²) in [7, 11) is 0. The Morgan fingerprint density at radius 2 is 1.58 bits per heavy atom. The average Bonchev–Trinajstić information content (AvgIpc) is 2.82. The standard InChI is InChI=1S/C17H23NO/c1-12(2)15-6-8-16(9-7-15)14(4)18-11-17-10-5-13(3)19-17/h5-10,12,14,18H,11H2,1-4H3. The maximum Gasteiger partial charge on any atom is 0.117 e. The highest BCUT2D eigenvalue weighted by atomic mass is 16.3. The number of hydrogen-bond acceptors (Lipinski definition) is 2. The minimum absolute atomic E-state index is 0.326. The van der Waals surface area contributed by atoms with Crippen LogP contribution in [0, 0.1) is 6.92 Å². The van der Waals surface area contributed by atoms with Crippen LogP contribution in [0.15, 0.2) is 40.8 Å². The van der Waals surface area contributed by atoms with E-state index in [0.717, 1.165) is 18.1 Å². The van der Waals surface area contributed by atoms with Crippen LogP contribution >= 0.6 is 0 Å². The number of aryl methyl sites for hydroxylation is 1. The summed E-state index contributed by atoms with van der Waals surface area (Å²) in [6.45, 7) is 9.35. The van der Waals surface area contributed by atoms with Gasteiger partial charge in [0.25, 0.3) is 0 Å². The lowest BCUT2D eigenvalue weighted by atomic mass is 9.99. The van der Waals surface area contributed by atoms with E-state index in [0.29, 0.717) is 12.0 Å². The van der Waals surface area contributed by atoms with E-state index in [-0.39, 0.29) is 0 Å². The van der Waals surface area contributed by atoms with Crippen LogP contribution in [0.2, 0.25) is 0 Å². The summed E-state index contributed by atoms with van der Waals surface area (Å²) in [6.07, 6.45) is 0. The molecule has 1 N–H and O–H groups in total. The molecule has 0 aliphatic carbocycles. The van der Waals surface area contributed by atoms with Gasteiger partial charge >= 0.3 is 0 Å². The van der Waals surface area contributed by atoms with Crippen molar-refractivity contribution in [3.8, 4) is 0 Å². The van der Waals surface area contributed by atoms with Crippen molar-refractivity contribution in [2.45, 2.75) is 46.2 Å². The Morgan fingerprint density at radius 3 is 2.11 bits per heavy atom. The van der Waals surface area contributed by atoms with E-state index in [2.05, 4.69) is 50.4 Å².